The third-order valence-electron chi connectivity index (χ3n) is 2.67. The number of sulfonamides is 1. The Morgan fingerprint density at radius 2 is 1.95 bits per heavy atom. The van der Waals surface area contributed by atoms with E-state index < -0.39 is 15.8 Å². The van der Waals surface area contributed by atoms with E-state index in [1.165, 1.54) is 18.2 Å². The first kappa shape index (κ1) is 15.9. The number of rotatable bonds is 5. The minimum absolute atomic E-state index is 0.0257. The summed E-state index contributed by atoms with van der Waals surface area (Å²) in [6, 6.07) is 3.84. The Hall–Kier alpha value is -1.14. The van der Waals surface area contributed by atoms with E-state index >= 15 is 0 Å². The molecule has 0 aliphatic heterocycles. The summed E-state index contributed by atoms with van der Waals surface area (Å²) < 4.78 is 39.4. The zero-order valence-electron chi connectivity index (χ0n) is 11.5. The van der Waals surface area contributed by atoms with E-state index in [1.807, 2.05) is 20.8 Å². The molecule has 0 aromatic heterocycles. The van der Waals surface area contributed by atoms with Crippen molar-refractivity contribution < 1.29 is 12.8 Å². The van der Waals surface area contributed by atoms with Gasteiger partial charge in [0.2, 0.25) is 10.0 Å². The van der Waals surface area contributed by atoms with Crippen LogP contribution in [0.4, 0.5) is 10.1 Å². The minimum atomic E-state index is -3.44. The van der Waals surface area contributed by atoms with Gasteiger partial charge in [-0.3, -0.25) is 4.72 Å². The average molecular weight is 288 g/mol. The second-order valence-electron chi connectivity index (χ2n) is 5.74. The minimum Gasteiger partial charge on any atom is -0.326 e. The van der Waals surface area contributed by atoms with Gasteiger partial charge < -0.3 is 5.73 Å². The molecule has 0 saturated carbocycles. The molecular formula is C13H21FN2O2S. The zero-order valence-corrected chi connectivity index (χ0v) is 12.3. The highest BCUT2D eigenvalue weighted by Gasteiger charge is 2.18. The van der Waals surface area contributed by atoms with Crippen molar-refractivity contribution in [2.75, 3.05) is 10.5 Å². The lowest BCUT2D eigenvalue weighted by Gasteiger charge is -2.18. The zero-order chi connectivity index (χ0) is 14.7. The molecule has 0 bridgehead atoms. The number of halogens is 1. The summed E-state index contributed by atoms with van der Waals surface area (Å²) in [6.07, 6.45) is 0.543. The van der Waals surface area contributed by atoms with Crippen LogP contribution in [0.5, 0.6) is 0 Å². The van der Waals surface area contributed by atoms with E-state index in [2.05, 4.69) is 4.72 Å². The lowest BCUT2D eigenvalue weighted by molar-refractivity contribution is 0.397. The van der Waals surface area contributed by atoms with Gasteiger partial charge >= 0.3 is 0 Å². The van der Waals surface area contributed by atoms with Crippen molar-refractivity contribution in [3.05, 3.63) is 29.6 Å². The van der Waals surface area contributed by atoms with Gasteiger partial charge in [-0.05, 0) is 35.6 Å². The molecule has 19 heavy (non-hydrogen) atoms. The second-order valence-corrected chi connectivity index (χ2v) is 7.58. The number of nitrogens with two attached hydrogens (primary N) is 1. The Bertz CT molecular complexity index is 536. The molecule has 0 spiro atoms. The summed E-state index contributed by atoms with van der Waals surface area (Å²) >= 11 is 0. The number of hydrogen-bond donors (Lipinski definition) is 2. The van der Waals surface area contributed by atoms with E-state index in [1.54, 1.807) is 0 Å². The van der Waals surface area contributed by atoms with E-state index in [9.17, 15) is 12.8 Å². The van der Waals surface area contributed by atoms with Crippen LogP contribution in [-0.2, 0) is 16.6 Å². The number of nitrogens with one attached hydrogen (secondary N) is 1. The smallest absolute Gasteiger partial charge is 0.232 e. The first-order chi connectivity index (χ1) is 8.63. The van der Waals surface area contributed by atoms with Crippen LogP contribution >= 0.6 is 0 Å². The molecule has 3 N–H and O–H groups in total. The van der Waals surface area contributed by atoms with Gasteiger partial charge in [0, 0.05) is 6.54 Å². The first-order valence-corrected chi connectivity index (χ1v) is 7.77. The highest BCUT2D eigenvalue weighted by atomic mass is 32.2. The molecule has 0 unspecified atom stereocenters. The van der Waals surface area contributed by atoms with Crippen LogP contribution in [0.1, 0.15) is 32.8 Å². The molecule has 0 atom stereocenters. The fraction of sp³-hybridized carbons (Fsp3) is 0.538. The number of benzene rings is 1. The van der Waals surface area contributed by atoms with Crippen LogP contribution in [0.15, 0.2) is 18.2 Å². The Morgan fingerprint density at radius 1 is 1.32 bits per heavy atom. The SMILES string of the molecule is CC(C)(C)CCS(=O)(=O)Nc1ccc(F)cc1CN. The Morgan fingerprint density at radius 3 is 2.47 bits per heavy atom. The maximum absolute atomic E-state index is 13.0. The predicted octanol–water partition coefficient (Wildman–Crippen LogP) is 2.46. The normalized spacial score (nSPS) is 12.5. The first-order valence-electron chi connectivity index (χ1n) is 6.12. The van der Waals surface area contributed by atoms with E-state index in [-0.39, 0.29) is 17.7 Å². The molecule has 0 heterocycles. The van der Waals surface area contributed by atoms with Crippen molar-refractivity contribution in [2.45, 2.75) is 33.7 Å². The van der Waals surface area contributed by atoms with Gasteiger partial charge in [0.1, 0.15) is 5.82 Å². The molecule has 1 rings (SSSR count). The van der Waals surface area contributed by atoms with Gasteiger partial charge in [-0.1, -0.05) is 20.8 Å². The number of hydrogen-bond acceptors (Lipinski definition) is 3. The lowest BCUT2D eigenvalue weighted by atomic mass is 9.94. The number of anilines is 1. The van der Waals surface area contributed by atoms with Crippen molar-refractivity contribution in [3.8, 4) is 0 Å². The third kappa shape index (κ3) is 5.57. The van der Waals surface area contributed by atoms with Gasteiger partial charge in [-0.25, -0.2) is 12.8 Å². The van der Waals surface area contributed by atoms with Gasteiger partial charge in [0.15, 0.2) is 0 Å². The van der Waals surface area contributed by atoms with E-state index in [4.69, 9.17) is 5.73 Å². The van der Waals surface area contributed by atoms with Crippen LogP contribution in [0.25, 0.3) is 0 Å². The third-order valence-corrected chi connectivity index (χ3v) is 3.95. The van der Waals surface area contributed by atoms with Gasteiger partial charge in [0.05, 0.1) is 11.4 Å². The molecule has 0 fully saturated rings. The maximum atomic E-state index is 13.0. The fourth-order valence-corrected chi connectivity index (χ4v) is 3.01. The standard InChI is InChI=1S/C13H21FN2O2S/c1-13(2,3)6-7-19(17,18)16-12-5-4-11(14)8-10(12)9-15/h4-5,8,16H,6-7,9,15H2,1-3H3. The summed E-state index contributed by atoms with van der Waals surface area (Å²) in [7, 11) is -3.44. The molecule has 1 aromatic rings. The summed E-state index contributed by atoms with van der Waals surface area (Å²) in [5.41, 5.74) is 6.21. The molecule has 0 aliphatic rings. The quantitative estimate of drug-likeness (QED) is 0.874. The molecule has 0 amide bonds. The molecule has 0 aliphatic carbocycles. The molecule has 0 saturated heterocycles. The van der Waals surface area contributed by atoms with Gasteiger partial charge in [-0.2, -0.15) is 0 Å². The molecule has 4 nitrogen and oxygen atoms in total. The highest BCUT2D eigenvalue weighted by molar-refractivity contribution is 7.92. The van der Waals surface area contributed by atoms with Crippen LogP contribution in [0.2, 0.25) is 0 Å². The summed E-state index contributed by atoms with van der Waals surface area (Å²) in [5, 5.41) is 0. The Labute approximate surface area is 114 Å². The second kappa shape index (κ2) is 5.88. The van der Waals surface area contributed by atoms with Crippen LogP contribution < -0.4 is 10.5 Å². The van der Waals surface area contributed by atoms with E-state index in [0.29, 0.717) is 17.7 Å². The van der Waals surface area contributed by atoms with Crippen LogP contribution in [0, 0.1) is 11.2 Å². The van der Waals surface area contributed by atoms with Crippen LogP contribution in [0.3, 0.4) is 0 Å². The Balaban J connectivity index is 2.84. The molecule has 6 heteroatoms. The predicted molar refractivity (Wildman–Crippen MR) is 75.8 cm³/mol. The Kier molecular flexibility index (Phi) is 4.92. The molecular weight excluding hydrogens is 267 g/mol. The topological polar surface area (TPSA) is 72.2 Å². The van der Waals surface area contributed by atoms with Crippen molar-refractivity contribution in [2.24, 2.45) is 11.1 Å². The van der Waals surface area contributed by atoms with Crippen molar-refractivity contribution >= 4 is 15.7 Å². The lowest BCUT2D eigenvalue weighted by Crippen LogP contribution is -2.21. The van der Waals surface area contributed by atoms with Crippen molar-refractivity contribution in [1.29, 1.82) is 0 Å². The summed E-state index contributed by atoms with van der Waals surface area (Å²) in [4.78, 5) is 0. The maximum Gasteiger partial charge on any atom is 0.232 e. The molecule has 1 aromatic carbocycles. The monoisotopic (exact) mass is 288 g/mol. The summed E-state index contributed by atoms with van der Waals surface area (Å²) in [6.45, 7) is 6.01. The van der Waals surface area contributed by atoms with Crippen molar-refractivity contribution in [3.63, 3.8) is 0 Å². The largest absolute Gasteiger partial charge is 0.326 e. The summed E-state index contributed by atoms with van der Waals surface area (Å²) in [5.74, 6) is -0.407. The van der Waals surface area contributed by atoms with E-state index in [0.717, 1.165) is 0 Å². The molecule has 108 valence electrons. The van der Waals surface area contributed by atoms with Crippen LogP contribution in [-0.4, -0.2) is 14.2 Å². The molecule has 0 radical (unpaired) electrons. The fourth-order valence-electron chi connectivity index (χ4n) is 1.49. The van der Waals surface area contributed by atoms with Crippen molar-refractivity contribution in [1.82, 2.24) is 0 Å². The average Bonchev–Trinajstić information content (AvgIpc) is 2.28. The van der Waals surface area contributed by atoms with Gasteiger partial charge in [0.25, 0.3) is 0 Å². The van der Waals surface area contributed by atoms with Gasteiger partial charge in [-0.15, -0.1) is 0 Å². The highest BCUT2D eigenvalue weighted by Crippen LogP contribution is 2.22.